The second-order valence-electron chi connectivity index (χ2n) is 4.83. The second kappa shape index (κ2) is 7.14. The topological polar surface area (TPSA) is 50.8 Å². The van der Waals surface area contributed by atoms with E-state index in [-0.39, 0.29) is 18.6 Å². The highest BCUT2D eigenvalue weighted by Crippen LogP contribution is 2.17. The van der Waals surface area contributed by atoms with Crippen molar-refractivity contribution in [1.29, 1.82) is 0 Å². The lowest BCUT2D eigenvalue weighted by Gasteiger charge is -2.33. The Balaban J connectivity index is 1.83. The van der Waals surface area contributed by atoms with Gasteiger partial charge >= 0.3 is 0 Å². The van der Waals surface area contributed by atoms with Crippen molar-refractivity contribution in [3.8, 4) is 11.5 Å². The van der Waals surface area contributed by atoms with Crippen LogP contribution in [0.2, 0.25) is 0 Å². The van der Waals surface area contributed by atoms with Crippen LogP contribution in [-0.2, 0) is 4.79 Å². The highest BCUT2D eigenvalue weighted by molar-refractivity contribution is 5.78. The number of piperazine rings is 1. The van der Waals surface area contributed by atoms with Gasteiger partial charge in [-0.25, -0.2) is 0 Å². The molecule has 110 valence electrons. The van der Waals surface area contributed by atoms with Crippen LogP contribution in [0.5, 0.6) is 11.5 Å². The Hall–Kier alpha value is -1.75. The lowest BCUT2D eigenvalue weighted by Crippen LogP contribution is -2.53. The maximum absolute atomic E-state index is 12.1. The predicted octanol–water partition coefficient (Wildman–Crippen LogP) is 1.28. The number of ether oxygens (including phenoxy) is 2. The SMILES string of the molecule is CCOc1ccc(OCC(=O)N2CCNCC2C)cc1. The van der Waals surface area contributed by atoms with Crippen molar-refractivity contribution >= 4 is 5.91 Å². The van der Waals surface area contributed by atoms with Crippen LogP contribution >= 0.6 is 0 Å². The van der Waals surface area contributed by atoms with Gasteiger partial charge in [-0.2, -0.15) is 0 Å². The van der Waals surface area contributed by atoms with Gasteiger partial charge in [-0.3, -0.25) is 4.79 Å². The molecular formula is C15H22N2O3. The van der Waals surface area contributed by atoms with E-state index in [9.17, 15) is 4.79 Å². The Morgan fingerprint density at radius 1 is 1.30 bits per heavy atom. The molecule has 1 N–H and O–H groups in total. The molecule has 1 aromatic carbocycles. The number of hydrogen-bond donors (Lipinski definition) is 1. The minimum absolute atomic E-state index is 0.0351. The van der Waals surface area contributed by atoms with Crippen LogP contribution in [0, 0.1) is 0 Å². The van der Waals surface area contributed by atoms with Gasteiger partial charge in [0.25, 0.3) is 5.91 Å². The first-order valence-electron chi connectivity index (χ1n) is 7.06. The molecule has 20 heavy (non-hydrogen) atoms. The van der Waals surface area contributed by atoms with E-state index in [1.807, 2.05) is 43.0 Å². The first kappa shape index (κ1) is 14.7. The zero-order valence-electron chi connectivity index (χ0n) is 12.1. The molecule has 0 spiro atoms. The molecule has 1 atom stereocenters. The maximum Gasteiger partial charge on any atom is 0.260 e. The molecule has 1 unspecified atom stereocenters. The van der Waals surface area contributed by atoms with E-state index < -0.39 is 0 Å². The van der Waals surface area contributed by atoms with Crippen molar-refractivity contribution < 1.29 is 14.3 Å². The molecule has 1 aliphatic heterocycles. The summed E-state index contributed by atoms with van der Waals surface area (Å²) in [6.07, 6.45) is 0. The predicted molar refractivity (Wildman–Crippen MR) is 77.2 cm³/mol. The lowest BCUT2D eigenvalue weighted by molar-refractivity contribution is -0.136. The Kier molecular flexibility index (Phi) is 5.24. The minimum Gasteiger partial charge on any atom is -0.494 e. The van der Waals surface area contributed by atoms with Crippen LogP contribution in [0.25, 0.3) is 0 Å². The largest absolute Gasteiger partial charge is 0.494 e. The van der Waals surface area contributed by atoms with Gasteiger partial charge in [0.15, 0.2) is 6.61 Å². The summed E-state index contributed by atoms with van der Waals surface area (Å²) < 4.78 is 10.9. The highest BCUT2D eigenvalue weighted by Gasteiger charge is 2.22. The van der Waals surface area contributed by atoms with Gasteiger partial charge in [0.05, 0.1) is 6.61 Å². The zero-order valence-corrected chi connectivity index (χ0v) is 12.1. The fourth-order valence-electron chi connectivity index (χ4n) is 2.24. The van der Waals surface area contributed by atoms with Gasteiger partial charge in [-0.15, -0.1) is 0 Å². The van der Waals surface area contributed by atoms with Crippen LogP contribution in [-0.4, -0.2) is 49.7 Å². The molecule has 0 radical (unpaired) electrons. The van der Waals surface area contributed by atoms with Crippen LogP contribution in [0.1, 0.15) is 13.8 Å². The quantitative estimate of drug-likeness (QED) is 0.881. The molecule has 2 rings (SSSR count). The van der Waals surface area contributed by atoms with Crippen molar-refractivity contribution in [3.63, 3.8) is 0 Å². The van der Waals surface area contributed by atoms with Crippen molar-refractivity contribution in [1.82, 2.24) is 10.2 Å². The summed E-state index contributed by atoms with van der Waals surface area (Å²) in [4.78, 5) is 14.0. The number of nitrogens with one attached hydrogen (secondary N) is 1. The number of carbonyl (C=O) groups excluding carboxylic acids is 1. The van der Waals surface area contributed by atoms with Crippen LogP contribution in [0.15, 0.2) is 24.3 Å². The van der Waals surface area contributed by atoms with Crippen molar-refractivity contribution in [2.75, 3.05) is 32.8 Å². The number of benzene rings is 1. The van der Waals surface area contributed by atoms with E-state index in [2.05, 4.69) is 5.32 Å². The van der Waals surface area contributed by atoms with Crippen molar-refractivity contribution in [3.05, 3.63) is 24.3 Å². The smallest absolute Gasteiger partial charge is 0.260 e. The second-order valence-corrected chi connectivity index (χ2v) is 4.83. The highest BCUT2D eigenvalue weighted by atomic mass is 16.5. The normalized spacial score (nSPS) is 18.7. The van der Waals surface area contributed by atoms with Gasteiger partial charge < -0.3 is 19.7 Å². The molecule has 5 nitrogen and oxygen atoms in total. The van der Waals surface area contributed by atoms with Gasteiger partial charge in [0.2, 0.25) is 0 Å². The average molecular weight is 278 g/mol. The zero-order chi connectivity index (χ0) is 14.4. The first-order chi connectivity index (χ1) is 9.70. The van der Waals surface area contributed by atoms with Gasteiger partial charge in [-0.1, -0.05) is 0 Å². The van der Waals surface area contributed by atoms with Crippen LogP contribution < -0.4 is 14.8 Å². The van der Waals surface area contributed by atoms with E-state index in [0.29, 0.717) is 12.4 Å². The van der Waals surface area contributed by atoms with Crippen LogP contribution in [0.3, 0.4) is 0 Å². The first-order valence-corrected chi connectivity index (χ1v) is 7.06. The molecule has 1 saturated heterocycles. The molecule has 5 heteroatoms. The molecule has 0 saturated carbocycles. The number of rotatable bonds is 5. The molecule has 0 bridgehead atoms. The number of hydrogen-bond acceptors (Lipinski definition) is 4. The summed E-state index contributed by atoms with van der Waals surface area (Å²) in [7, 11) is 0. The third kappa shape index (κ3) is 3.87. The number of carbonyl (C=O) groups is 1. The number of nitrogens with zero attached hydrogens (tertiary/aromatic N) is 1. The molecular weight excluding hydrogens is 256 g/mol. The van der Waals surface area contributed by atoms with Crippen molar-refractivity contribution in [2.24, 2.45) is 0 Å². The summed E-state index contributed by atoms with van der Waals surface area (Å²) in [5.41, 5.74) is 0. The Labute approximate surface area is 119 Å². The molecule has 1 aliphatic rings. The summed E-state index contributed by atoms with van der Waals surface area (Å²) in [6.45, 7) is 7.14. The van der Waals surface area contributed by atoms with E-state index in [0.717, 1.165) is 25.4 Å². The molecule has 1 aromatic rings. The van der Waals surface area contributed by atoms with Crippen LogP contribution in [0.4, 0.5) is 0 Å². The molecule has 0 aliphatic carbocycles. The van der Waals surface area contributed by atoms with E-state index in [4.69, 9.17) is 9.47 Å². The minimum atomic E-state index is 0.0351. The summed E-state index contributed by atoms with van der Waals surface area (Å²) in [6, 6.07) is 7.55. The fraction of sp³-hybridized carbons (Fsp3) is 0.533. The van der Waals surface area contributed by atoms with Gasteiger partial charge in [-0.05, 0) is 38.1 Å². The molecule has 1 amide bonds. The molecule has 1 fully saturated rings. The van der Waals surface area contributed by atoms with E-state index in [1.165, 1.54) is 0 Å². The van der Waals surface area contributed by atoms with E-state index >= 15 is 0 Å². The summed E-state index contributed by atoms with van der Waals surface area (Å²) >= 11 is 0. The van der Waals surface area contributed by atoms with Gasteiger partial charge in [0.1, 0.15) is 11.5 Å². The van der Waals surface area contributed by atoms with E-state index in [1.54, 1.807) is 0 Å². The third-order valence-electron chi connectivity index (χ3n) is 3.32. The standard InChI is InChI=1S/C15H22N2O3/c1-3-19-13-4-6-14(7-5-13)20-11-15(18)17-9-8-16-10-12(17)2/h4-7,12,16H,3,8-11H2,1-2H3. The van der Waals surface area contributed by atoms with Gasteiger partial charge in [0, 0.05) is 25.7 Å². The average Bonchev–Trinajstić information content (AvgIpc) is 2.47. The van der Waals surface area contributed by atoms with Crippen molar-refractivity contribution in [2.45, 2.75) is 19.9 Å². The number of amides is 1. The monoisotopic (exact) mass is 278 g/mol. The Bertz CT molecular complexity index is 433. The molecule has 0 aromatic heterocycles. The fourth-order valence-corrected chi connectivity index (χ4v) is 2.24. The lowest BCUT2D eigenvalue weighted by atomic mass is 10.2. The Morgan fingerprint density at radius 3 is 2.55 bits per heavy atom. The Morgan fingerprint density at radius 2 is 1.95 bits per heavy atom. The summed E-state index contributed by atoms with van der Waals surface area (Å²) in [5.74, 6) is 1.53. The third-order valence-corrected chi connectivity index (χ3v) is 3.32. The maximum atomic E-state index is 12.1. The molecule has 1 heterocycles. The summed E-state index contributed by atoms with van der Waals surface area (Å²) in [5, 5.41) is 3.26.